The molecule has 0 fully saturated rings. The topological polar surface area (TPSA) is 41.6 Å². The predicted molar refractivity (Wildman–Crippen MR) is 68.7 cm³/mol. The number of rotatable bonds is 2. The summed E-state index contributed by atoms with van der Waals surface area (Å²) in [5.74, 6) is 0.803. The zero-order valence-corrected chi connectivity index (χ0v) is 10.7. The number of para-hydroxylation sites is 1. The van der Waals surface area contributed by atoms with Gasteiger partial charge < -0.3 is 15.0 Å². The lowest BCUT2D eigenvalue weighted by molar-refractivity contribution is -0.120. The summed E-state index contributed by atoms with van der Waals surface area (Å²) < 4.78 is 5.38. The first-order valence-corrected chi connectivity index (χ1v) is 5.78. The van der Waals surface area contributed by atoms with Crippen LogP contribution in [0.25, 0.3) is 0 Å². The molecule has 1 N–H and O–H groups in total. The molecule has 0 aliphatic carbocycles. The molecular formula is C13H18N2O2. The maximum Gasteiger partial charge on any atom is 0.249 e. The second-order valence-electron chi connectivity index (χ2n) is 4.61. The molecule has 1 heterocycles. The standard InChI is InChI=1S/C13H18N2O2/c1-5-15-11-9(7-6-8-10(11)17-4)14-12(16)13(15,2)3/h6-8H,5H2,1-4H3,(H,14,16). The Labute approximate surface area is 102 Å². The van der Waals surface area contributed by atoms with Crippen LogP contribution in [0.5, 0.6) is 5.75 Å². The van der Waals surface area contributed by atoms with Gasteiger partial charge in [-0.05, 0) is 32.9 Å². The molecule has 0 atom stereocenters. The minimum Gasteiger partial charge on any atom is -0.495 e. The van der Waals surface area contributed by atoms with Gasteiger partial charge in [0.05, 0.1) is 12.8 Å². The van der Waals surface area contributed by atoms with Crippen LogP contribution >= 0.6 is 0 Å². The van der Waals surface area contributed by atoms with Gasteiger partial charge in [-0.3, -0.25) is 4.79 Å². The van der Waals surface area contributed by atoms with E-state index in [4.69, 9.17) is 4.74 Å². The third-order valence-electron chi connectivity index (χ3n) is 3.28. The van der Waals surface area contributed by atoms with Crippen molar-refractivity contribution in [3.05, 3.63) is 18.2 Å². The molecule has 1 amide bonds. The largest absolute Gasteiger partial charge is 0.495 e. The van der Waals surface area contributed by atoms with Crippen molar-refractivity contribution in [2.45, 2.75) is 26.3 Å². The normalized spacial score (nSPS) is 17.4. The number of carbonyl (C=O) groups excluding carboxylic acids is 1. The van der Waals surface area contributed by atoms with Crippen molar-refractivity contribution in [2.75, 3.05) is 23.9 Å². The lowest BCUT2D eigenvalue weighted by Crippen LogP contribution is -2.56. The molecule has 17 heavy (non-hydrogen) atoms. The Hall–Kier alpha value is -1.71. The molecule has 0 bridgehead atoms. The smallest absolute Gasteiger partial charge is 0.249 e. The molecule has 4 nitrogen and oxygen atoms in total. The lowest BCUT2D eigenvalue weighted by atomic mass is 9.96. The van der Waals surface area contributed by atoms with Crippen molar-refractivity contribution in [1.29, 1.82) is 0 Å². The number of amides is 1. The summed E-state index contributed by atoms with van der Waals surface area (Å²) in [5, 5.41) is 2.93. The number of likely N-dealkylation sites (N-methyl/N-ethyl adjacent to an activating group) is 1. The number of nitrogens with one attached hydrogen (secondary N) is 1. The van der Waals surface area contributed by atoms with Crippen LogP contribution in [0, 0.1) is 0 Å². The van der Waals surface area contributed by atoms with Gasteiger partial charge in [0.2, 0.25) is 5.91 Å². The van der Waals surface area contributed by atoms with Crippen molar-refractivity contribution in [3.63, 3.8) is 0 Å². The number of fused-ring (bicyclic) bond motifs is 1. The molecule has 1 aliphatic heterocycles. The Morgan fingerprint density at radius 3 is 2.71 bits per heavy atom. The van der Waals surface area contributed by atoms with Gasteiger partial charge in [-0.1, -0.05) is 6.07 Å². The van der Waals surface area contributed by atoms with Crippen molar-refractivity contribution in [1.82, 2.24) is 0 Å². The third kappa shape index (κ3) is 1.64. The van der Waals surface area contributed by atoms with Gasteiger partial charge in [0.15, 0.2) is 0 Å². The molecule has 0 radical (unpaired) electrons. The van der Waals surface area contributed by atoms with Crippen LogP contribution in [0.2, 0.25) is 0 Å². The zero-order valence-electron chi connectivity index (χ0n) is 10.7. The summed E-state index contributed by atoms with van der Waals surface area (Å²) in [6, 6.07) is 5.69. The Morgan fingerprint density at radius 1 is 1.41 bits per heavy atom. The molecule has 0 saturated heterocycles. The molecule has 4 heteroatoms. The highest BCUT2D eigenvalue weighted by Crippen LogP contribution is 2.42. The molecule has 1 aromatic carbocycles. The summed E-state index contributed by atoms with van der Waals surface area (Å²) in [6.45, 7) is 6.63. The lowest BCUT2D eigenvalue weighted by Gasteiger charge is -2.43. The van der Waals surface area contributed by atoms with E-state index >= 15 is 0 Å². The predicted octanol–water partition coefficient (Wildman–Crippen LogP) is 2.25. The summed E-state index contributed by atoms with van der Waals surface area (Å²) >= 11 is 0. The van der Waals surface area contributed by atoms with Gasteiger partial charge in [-0.15, -0.1) is 0 Å². The van der Waals surface area contributed by atoms with Crippen LogP contribution in [0.1, 0.15) is 20.8 Å². The number of hydrogen-bond donors (Lipinski definition) is 1. The average molecular weight is 234 g/mol. The summed E-state index contributed by atoms with van der Waals surface area (Å²) in [7, 11) is 1.65. The molecule has 1 aliphatic rings. The van der Waals surface area contributed by atoms with Crippen molar-refractivity contribution in [3.8, 4) is 5.75 Å². The van der Waals surface area contributed by atoms with E-state index in [9.17, 15) is 4.79 Å². The van der Waals surface area contributed by atoms with E-state index in [1.807, 2.05) is 39.0 Å². The average Bonchev–Trinajstić information content (AvgIpc) is 2.30. The minimum absolute atomic E-state index is 0.0140. The second-order valence-corrected chi connectivity index (χ2v) is 4.61. The molecule has 0 unspecified atom stereocenters. The Bertz CT molecular complexity index is 455. The summed E-state index contributed by atoms with van der Waals surface area (Å²) in [5.41, 5.74) is 1.22. The highest BCUT2D eigenvalue weighted by atomic mass is 16.5. The molecular weight excluding hydrogens is 216 g/mol. The van der Waals surface area contributed by atoms with E-state index in [0.717, 1.165) is 23.7 Å². The van der Waals surface area contributed by atoms with Crippen LogP contribution < -0.4 is 15.0 Å². The summed E-state index contributed by atoms with van der Waals surface area (Å²) in [4.78, 5) is 14.1. The Kier molecular flexibility index (Phi) is 2.73. The van der Waals surface area contributed by atoms with Crippen LogP contribution in [0.15, 0.2) is 18.2 Å². The third-order valence-corrected chi connectivity index (χ3v) is 3.28. The van der Waals surface area contributed by atoms with Gasteiger partial charge in [0, 0.05) is 6.54 Å². The van der Waals surface area contributed by atoms with E-state index in [-0.39, 0.29) is 5.91 Å². The number of hydrogen-bond acceptors (Lipinski definition) is 3. The fourth-order valence-electron chi connectivity index (χ4n) is 2.30. The number of methoxy groups -OCH3 is 1. The van der Waals surface area contributed by atoms with Crippen molar-refractivity contribution >= 4 is 17.3 Å². The fourth-order valence-corrected chi connectivity index (χ4v) is 2.30. The van der Waals surface area contributed by atoms with Gasteiger partial charge in [-0.25, -0.2) is 0 Å². The second kappa shape index (κ2) is 3.95. The zero-order chi connectivity index (χ0) is 12.6. The number of anilines is 2. The minimum atomic E-state index is -0.559. The molecule has 2 rings (SSSR count). The quantitative estimate of drug-likeness (QED) is 0.853. The fraction of sp³-hybridized carbons (Fsp3) is 0.462. The van der Waals surface area contributed by atoms with Gasteiger partial charge in [-0.2, -0.15) is 0 Å². The number of benzene rings is 1. The van der Waals surface area contributed by atoms with E-state index in [1.165, 1.54) is 0 Å². The van der Waals surface area contributed by atoms with Gasteiger partial charge in [0.1, 0.15) is 17.0 Å². The number of nitrogens with zero attached hydrogens (tertiary/aromatic N) is 1. The monoisotopic (exact) mass is 234 g/mol. The molecule has 92 valence electrons. The van der Waals surface area contributed by atoms with E-state index in [1.54, 1.807) is 7.11 Å². The van der Waals surface area contributed by atoms with Gasteiger partial charge >= 0.3 is 0 Å². The maximum atomic E-state index is 12.1. The molecule has 1 aromatic rings. The first kappa shape index (κ1) is 11.8. The van der Waals surface area contributed by atoms with E-state index in [2.05, 4.69) is 10.2 Å². The van der Waals surface area contributed by atoms with Gasteiger partial charge in [0.25, 0.3) is 0 Å². The van der Waals surface area contributed by atoms with Crippen molar-refractivity contribution in [2.24, 2.45) is 0 Å². The Balaban J connectivity index is 2.63. The van der Waals surface area contributed by atoms with Crippen LogP contribution in [0.4, 0.5) is 11.4 Å². The SMILES string of the molecule is CCN1c2c(cccc2OC)NC(=O)C1(C)C. The molecule has 0 saturated carbocycles. The van der Waals surface area contributed by atoms with E-state index < -0.39 is 5.54 Å². The number of carbonyl (C=O) groups is 1. The first-order valence-electron chi connectivity index (χ1n) is 5.78. The maximum absolute atomic E-state index is 12.1. The highest BCUT2D eigenvalue weighted by molar-refractivity contribution is 6.07. The summed E-state index contributed by atoms with van der Waals surface area (Å²) in [6.07, 6.45) is 0. The first-order chi connectivity index (χ1) is 8.02. The highest BCUT2D eigenvalue weighted by Gasteiger charge is 2.40. The van der Waals surface area contributed by atoms with Crippen molar-refractivity contribution < 1.29 is 9.53 Å². The van der Waals surface area contributed by atoms with E-state index in [0.29, 0.717) is 0 Å². The van der Waals surface area contributed by atoms with Crippen LogP contribution in [-0.4, -0.2) is 25.1 Å². The molecule has 0 spiro atoms. The Morgan fingerprint density at radius 2 is 2.12 bits per heavy atom. The van der Waals surface area contributed by atoms with Crippen LogP contribution in [0.3, 0.4) is 0 Å². The number of ether oxygens (including phenoxy) is 1. The molecule has 0 aromatic heterocycles. The van der Waals surface area contributed by atoms with Crippen LogP contribution in [-0.2, 0) is 4.79 Å².